The summed E-state index contributed by atoms with van der Waals surface area (Å²) in [4.78, 5) is 9.79. The smallest absolute Gasteiger partial charge is 0.225 e. The molecule has 0 saturated heterocycles. The van der Waals surface area contributed by atoms with Crippen molar-refractivity contribution in [2.24, 2.45) is 0 Å². The number of para-hydroxylation sites is 1. The number of ether oxygens (including phenoxy) is 1. The van der Waals surface area contributed by atoms with E-state index in [0.717, 1.165) is 12.2 Å². The van der Waals surface area contributed by atoms with Crippen molar-refractivity contribution >= 4 is 6.29 Å². The SMILES string of the molecule is O=[C]C=CCCOc1ccccc1. The number of hydrogen-bond acceptors (Lipinski definition) is 2. The van der Waals surface area contributed by atoms with Gasteiger partial charge in [-0.2, -0.15) is 0 Å². The van der Waals surface area contributed by atoms with Gasteiger partial charge in [0.2, 0.25) is 6.29 Å². The maximum absolute atomic E-state index is 9.79. The zero-order chi connectivity index (χ0) is 9.36. The molecule has 0 spiro atoms. The van der Waals surface area contributed by atoms with Crippen molar-refractivity contribution < 1.29 is 9.53 Å². The standard InChI is InChI=1S/C11H11O2/c12-9-5-2-6-10-13-11-7-3-1-4-8-11/h1-5,7-8H,6,10H2. The summed E-state index contributed by atoms with van der Waals surface area (Å²) in [6.07, 6.45) is 5.49. The monoisotopic (exact) mass is 175 g/mol. The minimum Gasteiger partial charge on any atom is -0.493 e. The van der Waals surface area contributed by atoms with Crippen LogP contribution in [0.5, 0.6) is 5.75 Å². The van der Waals surface area contributed by atoms with E-state index in [1.807, 2.05) is 30.3 Å². The van der Waals surface area contributed by atoms with Crippen LogP contribution in [-0.4, -0.2) is 12.9 Å². The van der Waals surface area contributed by atoms with Gasteiger partial charge in [0.1, 0.15) is 5.75 Å². The first-order valence-electron chi connectivity index (χ1n) is 4.14. The van der Waals surface area contributed by atoms with Crippen LogP contribution in [0, 0.1) is 0 Å². The van der Waals surface area contributed by atoms with Crippen molar-refractivity contribution in [1.82, 2.24) is 0 Å². The number of hydrogen-bond donors (Lipinski definition) is 0. The summed E-state index contributed by atoms with van der Waals surface area (Å²) in [7, 11) is 0. The first kappa shape index (κ1) is 9.52. The van der Waals surface area contributed by atoms with Crippen LogP contribution in [0.25, 0.3) is 0 Å². The lowest BCUT2D eigenvalue weighted by atomic mass is 10.3. The predicted octanol–water partition coefficient (Wildman–Crippen LogP) is 2.12. The van der Waals surface area contributed by atoms with E-state index in [2.05, 4.69) is 0 Å². The number of benzene rings is 1. The normalized spacial score (nSPS) is 10.2. The molecule has 1 aromatic carbocycles. The second kappa shape index (κ2) is 6.00. The van der Waals surface area contributed by atoms with E-state index >= 15 is 0 Å². The molecule has 1 radical (unpaired) electrons. The summed E-state index contributed by atoms with van der Waals surface area (Å²) >= 11 is 0. The van der Waals surface area contributed by atoms with Gasteiger partial charge in [-0.05, 0) is 24.6 Å². The molecule has 0 heterocycles. The molecule has 2 nitrogen and oxygen atoms in total. The zero-order valence-corrected chi connectivity index (χ0v) is 7.27. The number of rotatable bonds is 5. The van der Waals surface area contributed by atoms with Crippen LogP contribution < -0.4 is 4.74 Å². The fourth-order valence-electron chi connectivity index (χ4n) is 0.893. The molecular weight excluding hydrogens is 164 g/mol. The van der Waals surface area contributed by atoms with Crippen molar-refractivity contribution in [1.29, 1.82) is 0 Å². The molecule has 0 saturated carbocycles. The van der Waals surface area contributed by atoms with E-state index in [4.69, 9.17) is 4.74 Å². The Morgan fingerprint density at radius 1 is 1.31 bits per heavy atom. The first-order chi connectivity index (χ1) is 6.43. The Morgan fingerprint density at radius 2 is 2.08 bits per heavy atom. The Morgan fingerprint density at radius 3 is 2.77 bits per heavy atom. The van der Waals surface area contributed by atoms with Crippen LogP contribution in [0.15, 0.2) is 42.5 Å². The van der Waals surface area contributed by atoms with Gasteiger partial charge >= 0.3 is 0 Å². The molecule has 2 heteroatoms. The van der Waals surface area contributed by atoms with Gasteiger partial charge in [0.15, 0.2) is 0 Å². The zero-order valence-electron chi connectivity index (χ0n) is 7.27. The molecule has 0 fully saturated rings. The molecular formula is C11H11O2. The fourth-order valence-corrected chi connectivity index (χ4v) is 0.893. The third kappa shape index (κ3) is 4.11. The van der Waals surface area contributed by atoms with E-state index in [9.17, 15) is 4.79 Å². The lowest BCUT2D eigenvalue weighted by Crippen LogP contribution is -1.94. The molecule has 1 rings (SSSR count). The summed E-state index contributed by atoms with van der Waals surface area (Å²) in [6, 6.07) is 9.58. The van der Waals surface area contributed by atoms with E-state index in [1.165, 1.54) is 6.08 Å². The number of carbonyl (C=O) groups excluding carboxylic acids is 1. The Balaban J connectivity index is 2.20. The average Bonchev–Trinajstić information content (AvgIpc) is 2.19. The molecule has 0 bridgehead atoms. The summed E-state index contributed by atoms with van der Waals surface area (Å²) in [5.74, 6) is 0.853. The Kier molecular flexibility index (Phi) is 4.39. The van der Waals surface area contributed by atoms with Gasteiger partial charge in [-0.3, -0.25) is 4.79 Å². The lowest BCUT2D eigenvalue weighted by Gasteiger charge is -2.02. The Bertz CT molecular complexity index is 265. The van der Waals surface area contributed by atoms with Crippen molar-refractivity contribution in [2.75, 3.05) is 6.61 Å². The molecule has 13 heavy (non-hydrogen) atoms. The van der Waals surface area contributed by atoms with Crippen molar-refractivity contribution in [3.05, 3.63) is 42.5 Å². The maximum atomic E-state index is 9.79. The topological polar surface area (TPSA) is 26.3 Å². The van der Waals surface area contributed by atoms with Crippen LogP contribution in [0.4, 0.5) is 0 Å². The second-order valence-electron chi connectivity index (χ2n) is 2.47. The van der Waals surface area contributed by atoms with E-state index < -0.39 is 0 Å². The van der Waals surface area contributed by atoms with Gasteiger partial charge in [-0.1, -0.05) is 24.3 Å². The molecule has 0 aliphatic rings. The molecule has 0 atom stereocenters. The van der Waals surface area contributed by atoms with Crippen molar-refractivity contribution in [3.63, 3.8) is 0 Å². The van der Waals surface area contributed by atoms with E-state index in [-0.39, 0.29) is 0 Å². The maximum Gasteiger partial charge on any atom is 0.225 e. The second-order valence-corrected chi connectivity index (χ2v) is 2.47. The van der Waals surface area contributed by atoms with E-state index in [0.29, 0.717) is 6.61 Å². The Hall–Kier alpha value is -1.57. The highest BCUT2D eigenvalue weighted by molar-refractivity contribution is 5.65. The van der Waals surface area contributed by atoms with Crippen molar-refractivity contribution in [2.45, 2.75) is 6.42 Å². The van der Waals surface area contributed by atoms with Gasteiger partial charge in [0.05, 0.1) is 6.61 Å². The van der Waals surface area contributed by atoms with Gasteiger partial charge in [-0.15, -0.1) is 0 Å². The summed E-state index contributed by atoms with van der Waals surface area (Å²) in [5.41, 5.74) is 0. The molecule has 0 aromatic heterocycles. The summed E-state index contributed by atoms with van der Waals surface area (Å²) in [6.45, 7) is 0.586. The van der Waals surface area contributed by atoms with Crippen LogP contribution in [0.1, 0.15) is 6.42 Å². The highest BCUT2D eigenvalue weighted by atomic mass is 16.5. The molecule has 0 unspecified atom stereocenters. The molecule has 1 aromatic rings. The van der Waals surface area contributed by atoms with Gasteiger partial charge in [-0.25, -0.2) is 0 Å². The third-order valence-electron chi connectivity index (χ3n) is 1.48. The van der Waals surface area contributed by atoms with Crippen LogP contribution in [-0.2, 0) is 4.79 Å². The van der Waals surface area contributed by atoms with E-state index in [1.54, 1.807) is 12.4 Å². The third-order valence-corrected chi connectivity index (χ3v) is 1.48. The first-order valence-corrected chi connectivity index (χ1v) is 4.14. The largest absolute Gasteiger partial charge is 0.493 e. The minimum atomic E-state index is 0.586. The van der Waals surface area contributed by atoms with Gasteiger partial charge in [0.25, 0.3) is 0 Å². The summed E-state index contributed by atoms with van der Waals surface area (Å²) in [5, 5.41) is 0. The highest BCUT2D eigenvalue weighted by Crippen LogP contribution is 2.08. The van der Waals surface area contributed by atoms with Gasteiger partial charge < -0.3 is 4.74 Å². The molecule has 0 aliphatic carbocycles. The van der Waals surface area contributed by atoms with Gasteiger partial charge in [0, 0.05) is 0 Å². The number of allylic oxidation sites excluding steroid dienone is 1. The predicted molar refractivity (Wildman–Crippen MR) is 51.4 cm³/mol. The minimum absolute atomic E-state index is 0.586. The summed E-state index contributed by atoms with van der Waals surface area (Å²) < 4.78 is 5.37. The average molecular weight is 175 g/mol. The molecule has 0 amide bonds. The quantitative estimate of drug-likeness (QED) is 0.506. The van der Waals surface area contributed by atoms with Crippen LogP contribution in [0.2, 0.25) is 0 Å². The Labute approximate surface area is 77.8 Å². The highest BCUT2D eigenvalue weighted by Gasteiger charge is 1.88. The molecule has 0 aliphatic heterocycles. The molecule has 0 N–H and O–H groups in total. The van der Waals surface area contributed by atoms with Crippen LogP contribution >= 0.6 is 0 Å². The van der Waals surface area contributed by atoms with Crippen molar-refractivity contribution in [3.8, 4) is 5.75 Å². The fraction of sp³-hybridized carbons (Fsp3) is 0.182. The lowest BCUT2D eigenvalue weighted by molar-refractivity contribution is 0.325. The molecule has 67 valence electrons. The van der Waals surface area contributed by atoms with Crippen LogP contribution in [0.3, 0.4) is 0 Å².